The smallest absolute Gasteiger partial charge is 0.108 e. The first-order chi connectivity index (χ1) is 5.72. The molecule has 12 heavy (non-hydrogen) atoms. The van der Waals surface area contributed by atoms with Gasteiger partial charge >= 0.3 is 0 Å². The molecule has 0 unspecified atom stereocenters. The molecule has 0 saturated carbocycles. The highest BCUT2D eigenvalue weighted by Crippen LogP contribution is 2.04. The van der Waals surface area contributed by atoms with Gasteiger partial charge < -0.3 is 0 Å². The van der Waals surface area contributed by atoms with Gasteiger partial charge in [0.1, 0.15) is 12.3 Å². The van der Waals surface area contributed by atoms with Crippen LogP contribution in [0.5, 0.6) is 0 Å². The maximum Gasteiger partial charge on any atom is 0.108 e. The van der Waals surface area contributed by atoms with Gasteiger partial charge in [0.15, 0.2) is 0 Å². The Balaban J connectivity index is 2.73. The molecule has 1 aromatic rings. The van der Waals surface area contributed by atoms with Crippen molar-refractivity contribution in [3.8, 4) is 6.07 Å². The number of nitrogens with zero attached hydrogens (tertiary/aromatic N) is 2. The van der Waals surface area contributed by atoms with Crippen LogP contribution in [0.3, 0.4) is 0 Å². The number of rotatable bonds is 2. The van der Waals surface area contributed by atoms with E-state index in [1.807, 2.05) is 12.1 Å². The molecule has 0 fully saturated rings. The summed E-state index contributed by atoms with van der Waals surface area (Å²) in [4.78, 5) is 4.04. The average molecular weight is 159 g/mol. The molecule has 0 bridgehead atoms. The molecular weight excluding hydrogens is 148 g/mol. The second kappa shape index (κ2) is 3.87. The molecule has 0 N–H and O–H groups in total. The highest BCUT2D eigenvalue weighted by atomic mass is 14.7. The first-order valence-electron chi connectivity index (χ1n) is 4.00. The molecule has 1 rings (SSSR count). The highest BCUT2D eigenvalue weighted by Gasteiger charge is 1.98. The second-order valence-corrected chi connectivity index (χ2v) is 3.17. The Hall–Kier alpha value is -1.36. The number of hydrogen-bond donors (Lipinski definition) is 0. The summed E-state index contributed by atoms with van der Waals surface area (Å²) in [7, 11) is 0. The lowest BCUT2D eigenvalue weighted by atomic mass is 10.1. The summed E-state index contributed by atoms with van der Waals surface area (Å²) in [5.41, 5.74) is 1.51. The van der Waals surface area contributed by atoms with Crippen molar-refractivity contribution in [1.82, 2.24) is 4.98 Å². The molecule has 0 aliphatic rings. The van der Waals surface area contributed by atoms with E-state index in [9.17, 15) is 0 Å². The van der Waals surface area contributed by atoms with Gasteiger partial charge in [-0.25, -0.2) is 4.98 Å². The van der Waals surface area contributed by atoms with E-state index in [2.05, 4.69) is 25.0 Å². The van der Waals surface area contributed by atoms with Crippen LogP contribution in [0.15, 0.2) is 12.1 Å². The number of pyridine rings is 1. The molecule has 0 atom stereocenters. The lowest BCUT2D eigenvalue weighted by molar-refractivity contribution is 0.635. The molecule has 1 heterocycles. The molecule has 2 heteroatoms. The van der Waals surface area contributed by atoms with Crippen molar-refractivity contribution in [1.29, 1.82) is 5.26 Å². The van der Waals surface area contributed by atoms with Crippen LogP contribution in [0.1, 0.15) is 25.1 Å². The van der Waals surface area contributed by atoms with E-state index >= 15 is 0 Å². The third-order valence-electron chi connectivity index (χ3n) is 1.50. The van der Waals surface area contributed by atoms with Crippen LogP contribution in [0.25, 0.3) is 0 Å². The zero-order valence-corrected chi connectivity index (χ0v) is 7.33. The summed E-state index contributed by atoms with van der Waals surface area (Å²) in [6, 6.07) is 5.63. The van der Waals surface area contributed by atoms with Crippen LogP contribution in [0, 0.1) is 23.4 Å². The summed E-state index contributed by atoms with van der Waals surface area (Å²) < 4.78 is 0. The molecule has 1 radical (unpaired) electrons. The average Bonchev–Trinajstić information content (AvgIpc) is 2.05. The number of aromatic nitrogens is 1. The van der Waals surface area contributed by atoms with E-state index in [0.717, 1.165) is 12.1 Å². The molecule has 0 spiro atoms. The van der Waals surface area contributed by atoms with Crippen molar-refractivity contribution in [2.45, 2.75) is 20.3 Å². The minimum atomic E-state index is 0.502. The van der Waals surface area contributed by atoms with Gasteiger partial charge in [-0.2, -0.15) is 5.26 Å². The highest BCUT2D eigenvalue weighted by molar-refractivity contribution is 5.25. The van der Waals surface area contributed by atoms with Crippen LogP contribution in [0.4, 0.5) is 0 Å². The zero-order valence-electron chi connectivity index (χ0n) is 7.33. The van der Waals surface area contributed by atoms with Crippen molar-refractivity contribution in [3.63, 3.8) is 0 Å². The molecule has 2 nitrogen and oxygen atoms in total. The van der Waals surface area contributed by atoms with E-state index < -0.39 is 0 Å². The van der Waals surface area contributed by atoms with Crippen LogP contribution in [0.2, 0.25) is 0 Å². The van der Waals surface area contributed by atoms with E-state index in [1.54, 1.807) is 6.07 Å². The van der Waals surface area contributed by atoms with E-state index in [1.165, 1.54) is 0 Å². The van der Waals surface area contributed by atoms with E-state index in [0.29, 0.717) is 11.5 Å². The lowest BCUT2D eigenvalue weighted by Gasteiger charge is -2.02. The Morgan fingerprint density at radius 2 is 2.33 bits per heavy atom. The molecule has 0 aromatic carbocycles. The fourth-order valence-corrected chi connectivity index (χ4v) is 0.980. The van der Waals surface area contributed by atoms with Crippen LogP contribution < -0.4 is 0 Å². The van der Waals surface area contributed by atoms with Gasteiger partial charge in [-0.1, -0.05) is 13.8 Å². The third-order valence-corrected chi connectivity index (χ3v) is 1.50. The molecule has 0 aliphatic carbocycles. The Kier molecular flexibility index (Phi) is 2.82. The topological polar surface area (TPSA) is 36.7 Å². The minimum Gasteiger partial charge on any atom is -0.250 e. The van der Waals surface area contributed by atoms with E-state index in [-0.39, 0.29) is 0 Å². The van der Waals surface area contributed by atoms with Crippen LogP contribution in [-0.2, 0) is 6.42 Å². The Labute approximate surface area is 72.9 Å². The fourth-order valence-electron chi connectivity index (χ4n) is 0.980. The number of hydrogen-bond acceptors (Lipinski definition) is 2. The monoisotopic (exact) mass is 159 g/mol. The zero-order chi connectivity index (χ0) is 8.97. The largest absolute Gasteiger partial charge is 0.250 e. The minimum absolute atomic E-state index is 0.502. The summed E-state index contributed by atoms with van der Waals surface area (Å²) in [5.74, 6) is 0.596. The Morgan fingerprint density at radius 1 is 1.58 bits per heavy atom. The lowest BCUT2D eigenvalue weighted by Crippen LogP contribution is -1.96. The van der Waals surface area contributed by atoms with Gasteiger partial charge in [-0.3, -0.25) is 0 Å². The van der Waals surface area contributed by atoms with Crippen molar-refractivity contribution < 1.29 is 0 Å². The normalized spacial score (nSPS) is 9.83. The first kappa shape index (κ1) is 8.73. The van der Waals surface area contributed by atoms with Gasteiger partial charge in [0.2, 0.25) is 0 Å². The standard InChI is InChI=1S/C10H11N2/c1-8(2)5-10-4-3-9(6-11)7-12-10/h3-4,8H,5H2,1-2H3. The molecule has 1 aromatic heterocycles. The summed E-state index contributed by atoms with van der Waals surface area (Å²) in [5, 5.41) is 8.49. The van der Waals surface area contributed by atoms with E-state index in [4.69, 9.17) is 5.26 Å². The van der Waals surface area contributed by atoms with Crippen LogP contribution in [-0.4, -0.2) is 4.98 Å². The Bertz CT molecular complexity index is 280. The summed E-state index contributed by atoms with van der Waals surface area (Å²) >= 11 is 0. The quantitative estimate of drug-likeness (QED) is 0.661. The molecule has 61 valence electrons. The molecule has 0 amide bonds. The van der Waals surface area contributed by atoms with Crippen molar-refractivity contribution >= 4 is 0 Å². The third kappa shape index (κ3) is 2.35. The number of nitriles is 1. The Morgan fingerprint density at radius 3 is 2.75 bits per heavy atom. The van der Waals surface area contributed by atoms with Gasteiger partial charge in [0.05, 0.1) is 5.56 Å². The van der Waals surface area contributed by atoms with Crippen molar-refractivity contribution in [2.24, 2.45) is 5.92 Å². The maximum atomic E-state index is 8.49. The second-order valence-electron chi connectivity index (χ2n) is 3.17. The SMILES string of the molecule is CC(C)Cc1ccc(C#N)[c]n1. The molecular formula is C10H11N2. The maximum absolute atomic E-state index is 8.49. The van der Waals surface area contributed by atoms with Crippen molar-refractivity contribution in [3.05, 3.63) is 29.6 Å². The van der Waals surface area contributed by atoms with Gasteiger partial charge in [-0.05, 0) is 24.5 Å². The first-order valence-corrected chi connectivity index (χ1v) is 4.00. The van der Waals surface area contributed by atoms with Gasteiger partial charge in [0, 0.05) is 5.69 Å². The van der Waals surface area contributed by atoms with Crippen LogP contribution >= 0.6 is 0 Å². The predicted molar refractivity (Wildman–Crippen MR) is 46.3 cm³/mol. The molecule has 0 aliphatic heterocycles. The summed E-state index contributed by atoms with van der Waals surface area (Å²) in [6.45, 7) is 4.28. The molecule has 0 saturated heterocycles. The van der Waals surface area contributed by atoms with Gasteiger partial charge in [-0.15, -0.1) is 0 Å². The predicted octanol–water partition coefficient (Wildman–Crippen LogP) is 1.95. The van der Waals surface area contributed by atoms with Gasteiger partial charge in [0.25, 0.3) is 0 Å². The summed E-state index contributed by atoms with van der Waals surface area (Å²) in [6.07, 6.45) is 3.63. The fraction of sp³-hybridized carbons (Fsp3) is 0.400. The van der Waals surface area contributed by atoms with Crippen molar-refractivity contribution in [2.75, 3.05) is 0 Å².